The molecular formula is C21H28N2O7. The molecule has 0 spiro atoms. The molecule has 2 amide bonds. The lowest BCUT2D eigenvalue weighted by Crippen LogP contribution is -2.45. The number of ether oxygens (including phenoxy) is 4. The highest BCUT2D eigenvalue weighted by Gasteiger charge is 2.29. The van der Waals surface area contributed by atoms with E-state index in [-0.39, 0.29) is 30.2 Å². The quantitative estimate of drug-likeness (QED) is 0.641. The zero-order valence-corrected chi connectivity index (χ0v) is 17.6. The average molecular weight is 420 g/mol. The van der Waals surface area contributed by atoms with Gasteiger partial charge in [-0.05, 0) is 31.9 Å². The second-order valence-electron chi connectivity index (χ2n) is 7.27. The van der Waals surface area contributed by atoms with Crippen LogP contribution in [0.4, 0.5) is 0 Å². The molecule has 0 aromatic heterocycles. The van der Waals surface area contributed by atoms with Crippen molar-refractivity contribution in [2.75, 3.05) is 53.6 Å². The van der Waals surface area contributed by atoms with Crippen molar-refractivity contribution in [1.82, 2.24) is 9.80 Å². The summed E-state index contributed by atoms with van der Waals surface area (Å²) < 4.78 is 21.5. The van der Waals surface area contributed by atoms with Crippen molar-refractivity contribution in [1.29, 1.82) is 0 Å². The number of likely N-dealkylation sites (tertiary alicyclic amines) is 1. The maximum Gasteiger partial charge on any atom is 0.309 e. The lowest BCUT2D eigenvalue weighted by atomic mass is 9.97. The SMILES string of the molecule is CCOC(=O)C1CCN(C(=O)CN(C)C(=O)c2cc(OC)c3c(c2)OCCO3)CC1. The van der Waals surface area contributed by atoms with Gasteiger partial charge in [-0.15, -0.1) is 0 Å². The number of benzene rings is 1. The van der Waals surface area contributed by atoms with Crippen LogP contribution in [0.2, 0.25) is 0 Å². The van der Waals surface area contributed by atoms with E-state index in [1.165, 1.54) is 12.0 Å². The van der Waals surface area contributed by atoms with Crippen molar-refractivity contribution in [3.8, 4) is 17.2 Å². The van der Waals surface area contributed by atoms with Gasteiger partial charge in [0.2, 0.25) is 11.7 Å². The topological polar surface area (TPSA) is 94.6 Å². The normalized spacial score (nSPS) is 16.0. The van der Waals surface area contributed by atoms with Gasteiger partial charge in [0.05, 0.1) is 26.2 Å². The molecule has 9 heteroatoms. The fraction of sp³-hybridized carbons (Fsp3) is 0.571. The van der Waals surface area contributed by atoms with E-state index in [0.29, 0.717) is 68.6 Å². The van der Waals surface area contributed by atoms with E-state index < -0.39 is 0 Å². The molecule has 30 heavy (non-hydrogen) atoms. The number of methoxy groups -OCH3 is 1. The number of piperidine rings is 1. The second kappa shape index (κ2) is 9.69. The number of likely N-dealkylation sites (N-methyl/N-ethyl adjacent to an activating group) is 1. The minimum Gasteiger partial charge on any atom is -0.493 e. The molecule has 2 aliphatic rings. The lowest BCUT2D eigenvalue weighted by Gasteiger charge is -2.32. The van der Waals surface area contributed by atoms with Crippen LogP contribution in [0.15, 0.2) is 12.1 Å². The van der Waals surface area contributed by atoms with Crippen LogP contribution in [-0.2, 0) is 14.3 Å². The summed E-state index contributed by atoms with van der Waals surface area (Å²) >= 11 is 0. The van der Waals surface area contributed by atoms with Gasteiger partial charge in [-0.3, -0.25) is 14.4 Å². The van der Waals surface area contributed by atoms with E-state index in [1.807, 2.05) is 0 Å². The maximum absolute atomic E-state index is 12.9. The van der Waals surface area contributed by atoms with E-state index in [4.69, 9.17) is 18.9 Å². The fourth-order valence-corrected chi connectivity index (χ4v) is 3.62. The average Bonchev–Trinajstić information content (AvgIpc) is 2.77. The van der Waals surface area contributed by atoms with Crippen molar-refractivity contribution in [2.24, 2.45) is 5.92 Å². The summed E-state index contributed by atoms with van der Waals surface area (Å²) in [4.78, 5) is 40.4. The first-order valence-electron chi connectivity index (χ1n) is 10.1. The molecule has 2 heterocycles. The summed E-state index contributed by atoms with van der Waals surface area (Å²) in [6.45, 7) is 3.84. The zero-order valence-electron chi connectivity index (χ0n) is 17.6. The largest absolute Gasteiger partial charge is 0.493 e. The number of amides is 2. The highest BCUT2D eigenvalue weighted by Crippen LogP contribution is 2.40. The molecule has 1 fully saturated rings. The number of fused-ring (bicyclic) bond motifs is 1. The molecule has 164 valence electrons. The van der Waals surface area contributed by atoms with Crippen LogP contribution >= 0.6 is 0 Å². The predicted octanol–water partition coefficient (Wildman–Crippen LogP) is 1.34. The Bertz CT molecular complexity index is 786. The molecule has 9 nitrogen and oxygen atoms in total. The molecule has 1 aromatic carbocycles. The van der Waals surface area contributed by atoms with Gasteiger partial charge in [0.1, 0.15) is 13.2 Å². The van der Waals surface area contributed by atoms with E-state index in [1.54, 1.807) is 31.0 Å². The minimum absolute atomic E-state index is 0.0559. The van der Waals surface area contributed by atoms with Gasteiger partial charge in [0, 0.05) is 25.7 Å². The van der Waals surface area contributed by atoms with E-state index in [2.05, 4.69) is 0 Å². The van der Waals surface area contributed by atoms with E-state index in [0.717, 1.165) is 0 Å². The number of hydrogen-bond acceptors (Lipinski definition) is 7. The summed E-state index contributed by atoms with van der Waals surface area (Å²) in [5.74, 6) is 0.491. The van der Waals surface area contributed by atoms with Crippen molar-refractivity contribution >= 4 is 17.8 Å². The van der Waals surface area contributed by atoms with Crippen LogP contribution < -0.4 is 14.2 Å². The zero-order chi connectivity index (χ0) is 21.7. The van der Waals surface area contributed by atoms with Crippen molar-refractivity contribution in [3.63, 3.8) is 0 Å². The van der Waals surface area contributed by atoms with Crippen LogP contribution in [0.1, 0.15) is 30.1 Å². The van der Waals surface area contributed by atoms with Gasteiger partial charge in [-0.1, -0.05) is 0 Å². The van der Waals surface area contributed by atoms with Gasteiger partial charge < -0.3 is 28.7 Å². The molecule has 0 aliphatic carbocycles. The molecule has 2 aliphatic heterocycles. The van der Waals surface area contributed by atoms with Gasteiger partial charge >= 0.3 is 5.97 Å². The first kappa shape index (κ1) is 21.7. The first-order valence-corrected chi connectivity index (χ1v) is 10.1. The van der Waals surface area contributed by atoms with Crippen LogP contribution in [0.25, 0.3) is 0 Å². The Morgan fingerprint density at radius 1 is 1.17 bits per heavy atom. The maximum atomic E-state index is 12.9. The Labute approximate surface area is 175 Å². The number of esters is 1. The van der Waals surface area contributed by atoms with Crippen molar-refractivity contribution < 1.29 is 33.3 Å². The van der Waals surface area contributed by atoms with Crippen molar-refractivity contribution in [2.45, 2.75) is 19.8 Å². The molecule has 0 saturated carbocycles. The standard InChI is InChI=1S/C21H28N2O7/c1-4-28-21(26)14-5-7-23(8-6-14)18(24)13-22(2)20(25)15-11-16(27-3)19-17(12-15)29-9-10-30-19/h11-12,14H,4-10,13H2,1-3H3. The molecule has 3 rings (SSSR count). The first-order chi connectivity index (χ1) is 14.4. The van der Waals surface area contributed by atoms with Crippen molar-refractivity contribution in [3.05, 3.63) is 17.7 Å². The van der Waals surface area contributed by atoms with Crippen LogP contribution in [0, 0.1) is 5.92 Å². The van der Waals surface area contributed by atoms with Gasteiger partial charge in [-0.25, -0.2) is 0 Å². The summed E-state index contributed by atoms with van der Waals surface area (Å²) in [7, 11) is 3.07. The summed E-state index contributed by atoms with van der Waals surface area (Å²) in [5.41, 5.74) is 0.354. The third-order valence-corrected chi connectivity index (χ3v) is 5.26. The molecular weight excluding hydrogens is 392 g/mol. The predicted molar refractivity (Wildman–Crippen MR) is 107 cm³/mol. The Kier molecular flexibility index (Phi) is 7.02. The smallest absolute Gasteiger partial charge is 0.309 e. The second-order valence-corrected chi connectivity index (χ2v) is 7.27. The Balaban J connectivity index is 1.59. The highest BCUT2D eigenvalue weighted by molar-refractivity contribution is 5.97. The van der Waals surface area contributed by atoms with E-state index >= 15 is 0 Å². The molecule has 0 unspecified atom stereocenters. The molecule has 1 aromatic rings. The van der Waals surface area contributed by atoms with E-state index in [9.17, 15) is 14.4 Å². The van der Waals surface area contributed by atoms with Crippen LogP contribution in [-0.4, -0.2) is 81.2 Å². The fourth-order valence-electron chi connectivity index (χ4n) is 3.62. The Morgan fingerprint density at radius 2 is 1.87 bits per heavy atom. The Morgan fingerprint density at radius 3 is 2.53 bits per heavy atom. The van der Waals surface area contributed by atoms with Crippen LogP contribution in [0.5, 0.6) is 17.2 Å². The molecule has 0 radical (unpaired) electrons. The summed E-state index contributed by atoms with van der Waals surface area (Å²) in [6, 6.07) is 3.19. The third-order valence-electron chi connectivity index (χ3n) is 5.26. The highest BCUT2D eigenvalue weighted by atomic mass is 16.6. The molecule has 0 bridgehead atoms. The summed E-state index contributed by atoms with van der Waals surface area (Å²) in [6.07, 6.45) is 1.14. The van der Waals surface area contributed by atoms with Gasteiger partial charge in [0.25, 0.3) is 5.91 Å². The van der Waals surface area contributed by atoms with Gasteiger partial charge in [0.15, 0.2) is 11.5 Å². The number of rotatable bonds is 6. The number of nitrogens with zero attached hydrogens (tertiary/aromatic N) is 2. The Hall–Kier alpha value is -2.97. The molecule has 0 atom stereocenters. The summed E-state index contributed by atoms with van der Waals surface area (Å²) in [5, 5.41) is 0. The number of carbonyl (C=O) groups is 3. The van der Waals surface area contributed by atoms with Gasteiger partial charge in [-0.2, -0.15) is 0 Å². The third kappa shape index (κ3) is 4.77. The minimum atomic E-state index is -0.319. The number of carbonyl (C=O) groups excluding carboxylic acids is 3. The number of hydrogen-bond donors (Lipinski definition) is 0. The lowest BCUT2D eigenvalue weighted by molar-refractivity contribution is -0.151. The molecule has 1 saturated heterocycles. The monoisotopic (exact) mass is 420 g/mol. The van der Waals surface area contributed by atoms with Crippen LogP contribution in [0.3, 0.4) is 0 Å². The molecule has 0 N–H and O–H groups in total.